The molecular weight excluding hydrogens is 428 g/mol. The first-order valence-electron chi connectivity index (χ1n) is 9.49. The van der Waals surface area contributed by atoms with Crippen LogP contribution < -0.4 is 4.72 Å². The van der Waals surface area contributed by atoms with Crippen molar-refractivity contribution in [2.24, 2.45) is 0 Å². The second-order valence-electron chi connectivity index (χ2n) is 7.04. The van der Waals surface area contributed by atoms with Crippen LogP contribution in [0, 0.1) is 0 Å². The van der Waals surface area contributed by atoms with Crippen LogP contribution in [0.5, 0.6) is 0 Å². The van der Waals surface area contributed by atoms with Crippen LogP contribution in [0.25, 0.3) is 0 Å². The van der Waals surface area contributed by atoms with Gasteiger partial charge in [0.05, 0.1) is 23.3 Å². The van der Waals surface area contributed by atoms with Gasteiger partial charge in [-0.25, -0.2) is 21.6 Å². The van der Waals surface area contributed by atoms with Crippen LogP contribution in [0.1, 0.15) is 35.2 Å². The summed E-state index contributed by atoms with van der Waals surface area (Å²) >= 11 is 0. The average Bonchev–Trinajstić information content (AvgIpc) is 2.74. The van der Waals surface area contributed by atoms with E-state index >= 15 is 0 Å². The summed E-state index contributed by atoms with van der Waals surface area (Å²) in [6.45, 7) is 1.01. The fourth-order valence-electron chi connectivity index (χ4n) is 3.24. The highest BCUT2D eigenvalue weighted by Gasteiger charge is 2.25. The number of esters is 1. The van der Waals surface area contributed by atoms with E-state index in [9.17, 15) is 21.6 Å². The smallest absolute Gasteiger partial charge is 0.337 e. The Balaban J connectivity index is 1.67. The van der Waals surface area contributed by atoms with Crippen molar-refractivity contribution in [2.45, 2.75) is 29.9 Å². The number of ether oxygens (including phenoxy) is 1. The molecule has 162 valence electrons. The van der Waals surface area contributed by atoms with Crippen molar-refractivity contribution in [1.29, 1.82) is 0 Å². The van der Waals surface area contributed by atoms with E-state index in [1.807, 2.05) is 0 Å². The molecular formula is C20H24N2O6S2. The molecule has 0 bridgehead atoms. The standard InChI is InChI=1S/C20H24N2O6S2/c1-28-20(23)17-7-5-16(6-8-17)15-29(24,25)21-18-9-11-19(12-10-18)30(26,27)22-13-3-2-4-14-22/h5-12,21H,2-4,13-15H2,1H3. The normalized spacial score (nSPS) is 15.5. The van der Waals surface area contributed by atoms with Crippen molar-refractivity contribution in [3.8, 4) is 0 Å². The van der Waals surface area contributed by atoms with Crippen molar-refractivity contribution in [2.75, 3.05) is 24.9 Å². The first kappa shape index (κ1) is 22.3. The molecule has 2 aromatic rings. The zero-order chi connectivity index (χ0) is 21.8. The van der Waals surface area contributed by atoms with Gasteiger partial charge >= 0.3 is 5.97 Å². The maximum Gasteiger partial charge on any atom is 0.337 e. The predicted octanol–water partition coefficient (Wildman–Crippen LogP) is 2.59. The van der Waals surface area contributed by atoms with Gasteiger partial charge in [0.25, 0.3) is 0 Å². The van der Waals surface area contributed by atoms with E-state index in [4.69, 9.17) is 0 Å². The summed E-state index contributed by atoms with van der Waals surface area (Å²) in [6, 6.07) is 11.8. The van der Waals surface area contributed by atoms with Crippen molar-refractivity contribution < 1.29 is 26.4 Å². The van der Waals surface area contributed by atoms with E-state index < -0.39 is 26.0 Å². The number of carbonyl (C=O) groups is 1. The number of rotatable bonds is 7. The number of anilines is 1. The molecule has 8 nitrogen and oxygen atoms in total. The van der Waals surface area contributed by atoms with E-state index in [0.29, 0.717) is 24.2 Å². The predicted molar refractivity (Wildman–Crippen MR) is 113 cm³/mol. The Morgan fingerprint density at radius 2 is 1.53 bits per heavy atom. The SMILES string of the molecule is COC(=O)c1ccc(CS(=O)(=O)Nc2ccc(S(=O)(=O)N3CCCCC3)cc2)cc1. The fraction of sp³-hybridized carbons (Fsp3) is 0.350. The van der Waals surface area contributed by atoms with Crippen LogP contribution in [0.3, 0.4) is 0 Å². The first-order valence-corrected chi connectivity index (χ1v) is 12.6. The molecule has 0 unspecified atom stereocenters. The Morgan fingerprint density at radius 3 is 2.10 bits per heavy atom. The largest absolute Gasteiger partial charge is 0.465 e. The number of methoxy groups -OCH3 is 1. The summed E-state index contributed by atoms with van der Waals surface area (Å²) in [5.41, 5.74) is 1.11. The van der Waals surface area contributed by atoms with Crippen LogP contribution in [0.15, 0.2) is 53.4 Å². The first-order chi connectivity index (χ1) is 14.2. The van der Waals surface area contributed by atoms with Gasteiger partial charge < -0.3 is 4.74 Å². The molecule has 10 heteroatoms. The Labute approximate surface area is 177 Å². The number of piperidine rings is 1. The zero-order valence-electron chi connectivity index (χ0n) is 16.6. The lowest BCUT2D eigenvalue weighted by molar-refractivity contribution is 0.0600. The third kappa shape index (κ3) is 5.38. The molecule has 0 aromatic heterocycles. The third-order valence-electron chi connectivity index (χ3n) is 4.81. The molecule has 0 aliphatic carbocycles. The van der Waals surface area contributed by atoms with Gasteiger partial charge in [0.15, 0.2) is 0 Å². The van der Waals surface area contributed by atoms with E-state index in [0.717, 1.165) is 19.3 Å². The van der Waals surface area contributed by atoms with Gasteiger partial charge in [0.1, 0.15) is 0 Å². The number of carbonyl (C=O) groups excluding carboxylic acids is 1. The minimum absolute atomic E-state index is 0.144. The maximum absolute atomic E-state index is 12.7. The molecule has 0 amide bonds. The molecule has 2 aromatic carbocycles. The van der Waals surface area contributed by atoms with Crippen molar-refractivity contribution in [3.63, 3.8) is 0 Å². The van der Waals surface area contributed by atoms with Crippen LogP contribution in [0.2, 0.25) is 0 Å². The van der Waals surface area contributed by atoms with Gasteiger partial charge in [-0.3, -0.25) is 4.72 Å². The van der Waals surface area contributed by atoms with E-state index in [2.05, 4.69) is 9.46 Å². The van der Waals surface area contributed by atoms with E-state index in [1.165, 1.54) is 47.8 Å². The number of hydrogen-bond donors (Lipinski definition) is 1. The summed E-state index contributed by atoms with van der Waals surface area (Å²) in [6.07, 6.45) is 2.72. The molecule has 1 N–H and O–H groups in total. The quantitative estimate of drug-likeness (QED) is 0.647. The molecule has 0 spiro atoms. The Morgan fingerprint density at radius 1 is 0.933 bits per heavy atom. The molecule has 1 fully saturated rings. The van der Waals surface area contributed by atoms with Crippen LogP contribution in [-0.4, -0.2) is 47.3 Å². The molecule has 1 heterocycles. The van der Waals surface area contributed by atoms with Crippen molar-refractivity contribution >= 4 is 31.7 Å². The molecule has 0 radical (unpaired) electrons. The highest BCUT2D eigenvalue weighted by Crippen LogP contribution is 2.22. The molecule has 1 saturated heterocycles. The number of nitrogens with one attached hydrogen (secondary N) is 1. The van der Waals surface area contributed by atoms with Gasteiger partial charge in [0.2, 0.25) is 20.0 Å². The topological polar surface area (TPSA) is 110 Å². The van der Waals surface area contributed by atoms with Gasteiger partial charge in [-0.05, 0) is 54.8 Å². The lowest BCUT2D eigenvalue weighted by Crippen LogP contribution is -2.35. The van der Waals surface area contributed by atoms with Crippen molar-refractivity contribution in [1.82, 2.24) is 4.31 Å². The van der Waals surface area contributed by atoms with Gasteiger partial charge in [-0.1, -0.05) is 18.6 Å². The minimum Gasteiger partial charge on any atom is -0.465 e. The molecule has 0 saturated carbocycles. The number of hydrogen-bond acceptors (Lipinski definition) is 6. The molecule has 3 rings (SSSR count). The molecule has 30 heavy (non-hydrogen) atoms. The Bertz CT molecular complexity index is 1090. The second-order valence-corrected chi connectivity index (χ2v) is 10.7. The summed E-state index contributed by atoms with van der Waals surface area (Å²) in [4.78, 5) is 11.6. The highest BCUT2D eigenvalue weighted by atomic mass is 32.2. The van der Waals surface area contributed by atoms with Gasteiger partial charge in [0, 0.05) is 18.8 Å². The monoisotopic (exact) mass is 452 g/mol. The number of benzene rings is 2. The van der Waals surface area contributed by atoms with Gasteiger partial charge in [-0.2, -0.15) is 4.31 Å². The Kier molecular flexibility index (Phi) is 6.79. The van der Waals surface area contributed by atoms with Crippen LogP contribution in [0.4, 0.5) is 5.69 Å². The zero-order valence-corrected chi connectivity index (χ0v) is 18.2. The number of nitrogens with zero attached hydrogens (tertiary/aromatic N) is 1. The fourth-order valence-corrected chi connectivity index (χ4v) is 5.95. The Hall–Kier alpha value is -2.43. The van der Waals surface area contributed by atoms with Crippen LogP contribution in [-0.2, 0) is 30.5 Å². The lowest BCUT2D eigenvalue weighted by atomic mass is 10.1. The maximum atomic E-state index is 12.7. The summed E-state index contributed by atoms with van der Waals surface area (Å²) in [5.74, 6) is -0.787. The second kappa shape index (κ2) is 9.15. The summed E-state index contributed by atoms with van der Waals surface area (Å²) < 4.78 is 58.8. The molecule has 1 aliphatic heterocycles. The third-order valence-corrected chi connectivity index (χ3v) is 7.99. The van der Waals surface area contributed by atoms with E-state index in [1.54, 1.807) is 12.1 Å². The van der Waals surface area contributed by atoms with Crippen molar-refractivity contribution in [3.05, 3.63) is 59.7 Å². The molecule has 1 aliphatic rings. The highest BCUT2D eigenvalue weighted by molar-refractivity contribution is 7.92. The summed E-state index contributed by atoms with van der Waals surface area (Å²) in [7, 11) is -6.02. The number of sulfonamides is 2. The summed E-state index contributed by atoms with van der Waals surface area (Å²) in [5, 5.41) is 0. The van der Waals surface area contributed by atoms with E-state index in [-0.39, 0.29) is 16.3 Å². The molecule has 0 atom stereocenters. The lowest BCUT2D eigenvalue weighted by Gasteiger charge is -2.25. The van der Waals surface area contributed by atoms with Gasteiger partial charge in [-0.15, -0.1) is 0 Å². The van der Waals surface area contributed by atoms with Crippen LogP contribution >= 0.6 is 0 Å². The average molecular weight is 453 g/mol. The minimum atomic E-state index is -3.72.